The second kappa shape index (κ2) is 27.3. The van der Waals surface area contributed by atoms with Gasteiger partial charge in [-0.2, -0.15) is 0 Å². The monoisotopic (exact) mass is 667 g/mol. The Kier molecular flexibility index (Phi) is 24.6. The normalized spacial score (nSPS) is 16.0. The van der Waals surface area contributed by atoms with Crippen LogP contribution in [0.5, 0.6) is 0 Å². The van der Waals surface area contributed by atoms with Crippen molar-refractivity contribution in [3.05, 3.63) is 0 Å². The van der Waals surface area contributed by atoms with Crippen molar-refractivity contribution in [2.45, 2.75) is 110 Å². The number of aliphatic carboxylic acids is 1. The highest BCUT2D eigenvalue weighted by molar-refractivity contribution is 5.92. The average molecular weight is 668 g/mol. The first-order chi connectivity index (χ1) is 22.6. The molecule has 0 aromatic heterocycles. The molecule has 268 valence electrons. The van der Waals surface area contributed by atoms with Gasteiger partial charge in [0.25, 0.3) is 0 Å². The Morgan fingerprint density at radius 1 is 0.809 bits per heavy atom. The lowest BCUT2D eigenvalue weighted by molar-refractivity contribution is -0.139. The van der Waals surface area contributed by atoms with E-state index in [1.807, 2.05) is 13.8 Å². The first kappa shape index (κ1) is 42.3. The third-order valence-electron chi connectivity index (χ3n) is 7.57. The lowest BCUT2D eigenvalue weighted by Gasteiger charge is -2.24. The number of ketones is 3. The smallest absolute Gasteiger partial charge is 0.303 e. The van der Waals surface area contributed by atoms with Crippen molar-refractivity contribution in [3.63, 3.8) is 0 Å². The number of ether oxygens (including phenoxy) is 5. The summed E-state index contributed by atoms with van der Waals surface area (Å²) >= 11 is 0. The van der Waals surface area contributed by atoms with Crippen molar-refractivity contribution in [2.75, 3.05) is 59.5 Å². The number of carbonyl (C=O) groups excluding carboxylic acids is 4. The van der Waals surface area contributed by atoms with Crippen molar-refractivity contribution in [3.8, 4) is 11.8 Å². The van der Waals surface area contributed by atoms with Crippen molar-refractivity contribution in [1.29, 1.82) is 0 Å². The molecule has 1 amide bonds. The molecule has 1 unspecified atom stereocenters. The summed E-state index contributed by atoms with van der Waals surface area (Å²) in [6.45, 7) is 8.31. The van der Waals surface area contributed by atoms with Crippen molar-refractivity contribution >= 4 is 29.2 Å². The molecule has 0 aliphatic heterocycles. The maximum atomic E-state index is 12.8. The molecule has 1 rings (SSSR count). The lowest BCUT2D eigenvalue weighted by atomic mass is 9.92. The molecule has 0 radical (unpaired) electrons. The van der Waals surface area contributed by atoms with E-state index >= 15 is 0 Å². The zero-order chi connectivity index (χ0) is 34.7. The van der Waals surface area contributed by atoms with Crippen LogP contribution in [0.1, 0.15) is 97.8 Å². The number of Topliss-reactive ketones (excluding diaryl/α,β-unsaturated/α-hetero) is 3. The van der Waals surface area contributed by atoms with E-state index in [1.54, 1.807) is 6.92 Å². The highest BCUT2D eigenvalue weighted by atomic mass is 16.6. The van der Waals surface area contributed by atoms with Crippen LogP contribution >= 0.6 is 0 Å². The molecule has 1 aliphatic carbocycles. The van der Waals surface area contributed by atoms with Gasteiger partial charge in [-0.05, 0) is 38.0 Å². The Bertz CT molecular complexity index is 988. The minimum absolute atomic E-state index is 0.00866. The van der Waals surface area contributed by atoms with Gasteiger partial charge in [0.1, 0.15) is 18.5 Å². The molecule has 0 aromatic rings. The molecule has 0 saturated carbocycles. The van der Waals surface area contributed by atoms with Crippen molar-refractivity contribution in [1.82, 2.24) is 5.32 Å². The summed E-state index contributed by atoms with van der Waals surface area (Å²) in [6, 6.07) is -0.673. The summed E-state index contributed by atoms with van der Waals surface area (Å²) in [6.07, 6.45) is 6.09. The molecule has 0 heterocycles. The van der Waals surface area contributed by atoms with Gasteiger partial charge >= 0.3 is 5.97 Å². The zero-order valence-corrected chi connectivity index (χ0v) is 28.7. The third kappa shape index (κ3) is 22.5. The van der Waals surface area contributed by atoms with E-state index < -0.39 is 23.8 Å². The fourth-order valence-electron chi connectivity index (χ4n) is 4.80. The minimum atomic E-state index is -1.06. The number of rotatable bonds is 29. The molecule has 0 aromatic carbocycles. The van der Waals surface area contributed by atoms with Gasteiger partial charge in [0.05, 0.1) is 52.3 Å². The van der Waals surface area contributed by atoms with Crippen LogP contribution in [-0.4, -0.2) is 106 Å². The van der Waals surface area contributed by atoms with Crippen LogP contribution in [0.4, 0.5) is 0 Å². The minimum Gasteiger partial charge on any atom is -0.481 e. The summed E-state index contributed by atoms with van der Waals surface area (Å²) in [5.41, 5.74) is 0. The summed E-state index contributed by atoms with van der Waals surface area (Å²) < 4.78 is 27.6. The summed E-state index contributed by atoms with van der Waals surface area (Å²) in [4.78, 5) is 60.7. The third-order valence-corrected chi connectivity index (χ3v) is 7.57. The standard InChI is InChI=1S/C35H57NO11/c1-4-32(39)34(27(2)3)36-35(42)28(14-15-33(40)41)25-29(37)16-18-44-20-22-46-24-23-45-21-19-43-17-10-11-30(38)26-47-31-12-8-6-5-7-9-13-31/h27-28,31,34H,4-8,10-12,14-26H2,1-3H3,(H,36,42)(H,40,41)/t28-,31?,34+/m1/s1. The number of hydrogen-bond acceptors (Lipinski definition) is 10. The molecule has 0 bridgehead atoms. The van der Waals surface area contributed by atoms with Gasteiger partial charge in [0, 0.05) is 51.0 Å². The SMILES string of the molecule is CCC(=O)[C@@H](NC(=O)[C@H](CCC(=O)O)CC(=O)CCOCCOCCOCCOCCCC(=O)COC1C#CCCCCC1)C(C)C. The molecule has 0 saturated heterocycles. The van der Waals surface area contributed by atoms with Crippen LogP contribution < -0.4 is 5.32 Å². The number of carboxylic acid groups (broad SMARTS) is 1. The van der Waals surface area contributed by atoms with E-state index in [0.29, 0.717) is 52.5 Å². The van der Waals surface area contributed by atoms with Gasteiger partial charge in [-0.1, -0.05) is 33.1 Å². The first-order valence-corrected chi connectivity index (χ1v) is 17.1. The second-order valence-electron chi connectivity index (χ2n) is 12.0. The van der Waals surface area contributed by atoms with E-state index in [1.165, 1.54) is 0 Å². The molecule has 2 N–H and O–H groups in total. The van der Waals surface area contributed by atoms with Crippen LogP contribution in [0.15, 0.2) is 0 Å². The Labute approximate surface area is 280 Å². The molecule has 47 heavy (non-hydrogen) atoms. The summed E-state index contributed by atoms with van der Waals surface area (Å²) in [5.74, 6) is 3.46. The number of amides is 1. The van der Waals surface area contributed by atoms with E-state index in [4.69, 9.17) is 28.8 Å². The van der Waals surface area contributed by atoms with Gasteiger partial charge < -0.3 is 34.1 Å². The Hall–Kier alpha value is -2.69. The molecule has 12 heteroatoms. The van der Waals surface area contributed by atoms with Crippen LogP contribution in [-0.2, 0) is 47.7 Å². The summed E-state index contributed by atoms with van der Waals surface area (Å²) in [5, 5.41) is 11.8. The Balaban J connectivity index is 2.05. The van der Waals surface area contributed by atoms with Crippen LogP contribution in [0.2, 0.25) is 0 Å². The van der Waals surface area contributed by atoms with Crippen molar-refractivity contribution in [2.24, 2.45) is 11.8 Å². The van der Waals surface area contributed by atoms with Gasteiger partial charge in [0.15, 0.2) is 11.6 Å². The fourth-order valence-corrected chi connectivity index (χ4v) is 4.80. The first-order valence-electron chi connectivity index (χ1n) is 17.1. The lowest BCUT2D eigenvalue weighted by Crippen LogP contribution is -2.47. The predicted molar refractivity (Wildman–Crippen MR) is 175 cm³/mol. The van der Waals surface area contributed by atoms with E-state index in [0.717, 1.165) is 32.1 Å². The fraction of sp³-hybridized carbons (Fsp3) is 0.800. The molecule has 0 spiro atoms. The predicted octanol–water partition coefficient (Wildman–Crippen LogP) is 3.71. The van der Waals surface area contributed by atoms with Gasteiger partial charge in [0.2, 0.25) is 5.91 Å². The van der Waals surface area contributed by atoms with Gasteiger partial charge in [-0.3, -0.25) is 24.0 Å². The molecule has 1 aliphatic rings. The molecule has 0 fully saturated rings. The summed E-state index contributed by atoms with van der Waals surface area (Å²) in [7, 11) is 0. The van der Waals surface area contributed by atoms with Crippen LogP contribution in [0.3, 0.4) is 0 Å². The van der Waals surface area contributed by atoms with Crippen LogP contribution in [0.25, 0.3) is 0 Å². The van der Waals surface area contributed by atoms with Gasteiger partial charge in [-0.25, -0.2) is 0 Å². The van der Waals surface area contributed by atoms with E-state index in [-0.39, 0.29) is 81.3 Å². The van der Waals surface area contributed by atoms with Gasteiger partial charge in [-0.15, -0.1) is 5.92 Å². The quantitative estimate of drug-likeness (QED) is 0.0883. The number of hydrogen-bond donors (Lipinski definition) is 2. The largest absolute Gasteiger partial charge is 0.481 e. The maximum Gasteiger partial charge on any atom is 0.303 e. The van der Waals surface area contributed by atoms with E-state index in [9.17, 15) is 24.0 Å². The molecule has 3 atom stereocenters. The number of nitrogens with one attached hydrogen (secondary N) is 1. The highest BCUT2D eigenvalue weighted by Gasteiger charge is 2.28. The Morgan fingerprint density at radius 2 is 1.45 bits per heavy atom. The Morgan fingerprint density at radius 3 is 2.06 bits per heavy atom. The van der Waals surface area contributed by atoms with E-state index in [2.05, 4.69) is 17.2 Å². The number of carboxylic acids is 1. The zero-order valence-electron chi connectivity index (χ0n) is 28.7. The molecule has 12 nitrogen and oxygen atoms in total. The highest BCUT2D eigenvalue weighted by Crippen LogP contribution is 2.16. The van der Waals surface area contributed by atoms with Crippen molar-refractivity contribution < 1.29 is 52.8 Å². The second-order valence-corrected chi connectivity index (χ2v) is 12.0. The maximum absolute atomic E-state index is 12.8. The van der Waals surface area contributed by atoms with Crippen LogP contribution in [0, 0.1) is 23.7 Å². The number of carbonyl (C=O) groups is 5. The topological polar surface area (TPSA) is 164 Å². The average Bonchev–Trinajstić information content (AvgIpc) is 3.02. The molecular formula is C35H57NO11. The molecular weight excluding hydrogens is 610 g/mol.